The van der Waals surface area contributed by atoms with Gasteiger partial charge in [0.25, 0.3) is 0 Å². The molecule has 1 amide bonds. The van der Waals surface area contributed by atoms with Crippen LogP contribution in [0.15, 0.2) is 24.3 Å². The van der Waals surface area contributed by atoms with E-state index in [4.69, 9.17) is 10.5 Å². The predicted octanol–water partition coefficient (Wildman–Crippen LogP) is 1.84. The molecule has 2 atom stereocenters. The number of nitrogens with two attached hydrogens (primary N) is 1. The van der Waals surface area contributed by atoms with E-state index in [-0.39, 0.29) is 6.10 Å². The van der Waals surface area contributed by atoms with Crippen LogP contribution in [-0.4, -0.2) is 30.2 Å². The summed E-state index contributed by atoms with van der Waals surface area (Å²) in [4.78, 5) is 13.2. The summed E-state index contributed by atoms with van der Waals surface area (Å²) in [6.45, 7) is 1.79. The summed E-state index contributed by atoms with van der Waals surface area (Å²) in [7, 11) is 0. The maximum absolute atomic E-state index is 10.8. The Morgan fingerprint density at radius 3 is 3.00 bits per heavy atom. The molecule has 18 heavy (non-hydrogen) atoms. The average molecular weight is 246 g/mol. The molecule has 1 fully saturated rings. The lowest BCUT2D eigenvalue weighted by Gasteiger charge is -2.24. The molecule has 0 unspecified atom stereocenters. The Morgan fingerprint density at radius 1 is 1.33 bits per heavy atom. The van der Waals surface area contributed by atoms with Crippen molar-refractivity contribution in [1.82, 2.24) is 4.90 Å². The van der Waals surface area contributed by atoms with Crippen molar-refractivity contribution in [1.29, 1.82) is 0 Å². The van der Waals surface area contributed by atoms with E-state index in [0.717, 1.165) is 25.9 Å². The van der Waals surface area contributed by atoms with Crippen molar-refractivity contribution in [2.24, 2.45) is 5.73 Å². The molecule has 1 heterocycles. The van der Waals surface area contributed by atoms with Gasteiger partial charge in [0.15, 0.2) is 0 Å². The maximum Gasteiger partial charge on any atom is 0.404 e. The highest BCUT2D eigenvalue weighted by Gasteiger charge is 2.33. The number of carbonyl (C=O) groups excluding carboxylic acids is 1. The molecule has 0 saturated carbocycles. The monoisotopic (exact) mass is 246 g/mol. The molecule has 2 aliphatic rings. The number of benzene rings is 1. The van der Waals surface area contributed by atoms with Crippen LogP contribution in [0.2, 0.25) is 0 Å². The second-order valence-corrected chi connectivity index (χ2v) is 5.10. The normalized spacial score (nSPS) is 27.1. The van der Waals surface area contributed by atoms with Crippen LogP contribution in [0, 0.1) is 0 Å². The highest BCUT2D eigenvalue weighted by molar-refractivity contribution is 5.64. The first-order valence-corrected chi connectivity index (χ1v) is 6.52. The zero-order valence-corrected chi connectivity index (χ0v) is 10.3. The van der Waals surface area contributed by atoms with Crippen molar-refractivity contribution in [3.63, 3.8) is 0 Å². The van der Waals surface area contributed by atoms with Gasteiger partial charge < -0.3 is 10.5 Å². The largest absolute Gasteiger partial charge is 0.445 e. The fourth-order valence-electron chi connectivity index (χ4n) is 3.21. The number of rotatable bonds is 2. The van der Waals surface area contributed by atoms with Crippen LogP contribution in [-0.2, 0) is 11.2 Å². The summed E-state index contributed by atoms with van der Waals surface area (Å²) in [5.41, 5.74) is 7.97. The smallest absolute Gasteiger partial charge is 0.404 e. The van der Waals surface area contributed by atoms with Gasteiger partial charge in [0.2, 0.25) is 0 Å². The third kappa shape index (κ3) is 2.08. The van der Waals surface area contributed by atoms with Crippen molar-refractivity contribution in [3.05, 3.63) is 35.4 Å². The van der Waals surface area contributed by atoms with E-state index in [1.807, 2.05) is 0 Å². The molecule has 4 heteroatoms. The van der Waals surface area contributed by atoms with Crippen molar-refractivity contribution in [3.8, 4) is 0 Å². The lowest BCUT2D eigenvalue weighted by Crippen LogP contribution is -2.29. The quantitative estimate of drug-likeness (QED) is 0.866. The Balaban J connectivity index is 1.69. The first-order chi connectivity index (χ1) is 8.74. The van der Waals surface area contributed by atoms with Crippen LogP contribution in [0.25, 0.3) is 0 Å². The minimum Gasteiger partial charge on any atom is -0.445 e. The SMILES string of the molecule is NC(=O)O[C@H]1CCN([C@@H]2CCc3ccccc32)C1. The van der Waals surface area contributed by atoms with E-state index in [1.165, 1.54) is 17.5 Å². The Hall–Kier alpha value is -1.55. The average Bonchev–Trinajstić information content (AvgIpc) is 2.94. The number of nitrogens with zero attached hydrogens (tertiary/aromatic N) is 1. The Bertz CT molecular complexity index is 461. The molecule has 1 saturated heterocycles. The van der Waals surface area contributed by atoms with Crippen LogP contribution < -0.4 is 5.73 Å². The molecule has 1 aliphatic heterocycles. The van der Waals surface area contributed by atoms with Crippen molar-refractivity contribution in [2.75, 3.05) is 13.1 Å². The fourth-order valence-corrected chi connectivity index (χ4v) is 3.21. The number of amides is 1. The van der Waals surface area contributed by atoms with E-state index in [0.29, 0.717) is 6.04 Å². The maximum atomic E-state index is 10.8. The van der Waals surface area contributed by atoms with Crippen molar-refractivity contribution in [2.45, 2.75) is 31.4 Å². The third-order valence-electron chi connectivity index (χ3n) is 4.00. The Kier molecular flexibility index (Phi) is 2.96. The minimum atomic E-state index is -0.659. The van der Waals surface area contributed by atoms with E-state index < -0.39 is 6.09 Å². The molecule has 0 aromatic heterocycles. The standard InChI is InChI=1S/C14H18N2O2/c15-14(17)18-11-7-8-16(9-11)13-6-5-10-3-1-2-4-12(10)13/h1-4,11,13H,5-9H2,(H2,15,17)/t11-,13+/m0/s1. The number of hydrogen-bond donors (Lipinski definition) is 1. The van der Waals surface area contributed by atoms with Gasteiger partial charge in [-0.3, -0.25) is 4.90 Å². The number of likely N-dealkylation sites (tertiary alicyclic amines) is 1. The van der Waals surface area contributed by atoms with E-state index >= 15 is 0 Å². The molecule has 2 N–H and O–H groups in total. The van der Waals surface area contributed by atoms with Crippen LogP contribution in [0.3, 0.4) is 0 Å². The van der Waals surface area contributed by atoms with Gasteiger partial charge in [-0.2, -0.15) is 0 Å². The van der Waals surface area contributed by atoms with Crippen molar-refractivity contribution >= 4 is 6.09 Å². The van der Waals surface area contributed by atoms with Crippen LogP contribution in [0.5, 0.6) is 0 Å². The van der Waals surface area contributed by atoms with Gasteiger partial charge in [-0.25, -0.2) is 4.79 Å². The lowest BCUT2D eigenvalue weighted by atomic mass is 10.1. The molecule has 4 nitrogen and oxygen atoms in total. The molecule has 96 valence electrons. The number of hydrogen-bond acceptors (Lipinski definition) is 3. The molecule has 3 rings (SSSR count). The van der Waals surface area contributed by atoms with Crippen molar-refractivity contribution < 1.29 is 9.53 Å². The Morgan fingerprint density at radius 2 is 2.17 bits per heavy atom. The van der Waals surface area contributed by atoms with Gasteiger partial charge >= 0.3 is 6.09 Å². The summed E-state index contributed by atoms with van der Waals surface area (Å²) in [6.07, 6.45) is 2.52. The molecule has 0 bridgehead atoms. The number of ether oxygens (including phenoxy) is 1. The van der Waals surface area contributed by atoms with Gasteiger partial charge in [0, 0.05) is 19.1 Å². The number of aryl methyl sites for hydroxylation is 1. The summed E-state index contributed by atoms with van der Waals surface area (Å²) in [5, 5.41) is 0. The first-order valence-electron chi connectivity index (χ1n) is 6.52. The fraction of sp³-hybridized carbons (Fsp3) is 0.500. The molecule has 0 spiro atoms. The minimum absolute atomic E-state index is 0.0322. The van der Waals surface area contributed by atoms with E-state index in [2.05, 4.69) is 29.2 Å². The predicted molar refractivity (Wildman–Crippen MR) is 68.2 cm³/mol. The zero-order chi connectivity index (χ0) is 12.5. The molecular formula is C14H18N2O2. The number of carbonyl (C=O) groups is 1. The van der Waals surface area contributed by atoms with E-state index in [9.17, 15) is 4.79 Å². The van der Waals surface area contributed by atoms with Crippen LogP contribution in [0.4, 0.5) is 4.79 Å². The number of primary amides is 1. The summed E-state index contributed by atoms with van der Waals surface area (Å²) < 4.78 is 5.09. The Labute approximate surface area is 107 Å². The third-order valence-corrected chi connectivity index (χ3v) is 4.00. The first kappa shape index (κ1) is 11.5. The highest BCUT2D eigenvalue weighted by Crippen LogP contribution is 2.37. The molecule has 0 radical (unpaired) electrons. The van der Waals surface area contributed by atoms with Crippen LogP contribution in [0.1, 0.15) is 30.0 Å². The molecule has 1 aromatic rings. The molecular weight excluding hydrogens is 228 g/mol. The zero-order valence-electron chi connectivity index (χ0n) is 10.3. The summed E-state index contributed by atoms with van der Waals surface area (Å²) >= 11 is 0. The topological polar surface area (TPSA) is 55.6 Å². The molecule has 1 aromatic carbocycles. The second-order valence-electron chi connectivity index (χ2n) is 5.10. The van der Waals surface area contributed by atoms with Crippen LogP contribution >= 0.6 is 0 Å². The van der Waals surface area contributed by atoms with Gasteiger partial charge in [-0.15, -0.1) is 0 Å². The second kappa shape index (κ2) is 4.61. The lowest BCUT2D eigenvalue weighted by molar-refractivity contribution is 0.104. The highest BCUT2D eigenvalue weighted by atomic mass is 16.6. The van der Waals surface area contributed by atoms with Gasteiger partial charge in [-0.1, -0.05) is 24.3 Å². The summed E-state index contributed by atoms with van der Waals surface area (Å²) in [5.74, 6) is 0. The van der Waals surface area contributed by atoms with Gasteiger partial charge in [0.05, 0.1) is 0 Å². The van der Waals surface area contributed by atoms with Gasteiger partial charge in [0.1, 0.15) is 6.10 Å². The van der Waals surface area contributed by atoms with E-state index in [1.54, 1.807) is 0 Å². The number of fused-ring (bicyclic) bond motifs is 1. The molecule has 1 aliphatic carbocycles. The van der Waals surface area contributed by atoms with Gasteiger partial charge in [-0.05, 0) is 30.4 Å². The summed E-state index contributed by atoms with van der Waals surface area (Å²) in [6, 6.07) is 9.12.